The molecule has 0 amide bonds. The molecule has 5 saturated heterocycles. The van der Waals surface area contributed by atoms with Gasteiger partial charge in [0.15, 0.2) is 51.6 Å². The number of aryl methyl sites for hydroxylation is 4. The molecular formula is C103H104N24O13. The van der Waals surface area contributed by atoms with E-state index in [1.54, 1.807) is 58.5 Å². The highest BCUT2D eigenvalue weighted by molar-refractivity contribution is 5.87. The minimum atomic E-state index is -0.879. The Morgan fingerprint density at radius 3 is 1.02 bits per heavy atom. The second-order valence-electron chi connectivity index (χ2n) is 35.6. The fourth-order valence-corrected chi connectivity index (χ4v) is 19.0. The van der Waals surface area contributed by atoms with Crippen molar-refractivity contribution >= 4 is 97.2 Å². The highest BCUT2D eigenvalue weighted by atomic mass is 16.7. The van der Waals surface area contributed by atoms with Crippen LogP contribution >= 0.6 is 0 Å². The number of piperidine rings is 3. The third-order valence-electron chi connectivity index (χ3n) is 26.6. The Hall–Kier alpha value is -15.9. The lowest BCUT2D eigenvalue weighted by Gasteiger charge is -2.39. The SMILES string of the molecule is COc1cc(Nc2nc(-c3cnc4c(c3)CCCO4)cn3ccnc23)ccc1N1CCC(=NO)CC1.COc1cc(Nc2nc(-c3cnc4c(c3)CCCO4)cn3ccnc23)ccc1N1CCC(=O)CC1.COc1cc(Nc2nc(-c3cnc4c(c3)CCCO4)cn3ccnc23)ccc1N1CCC2(CC1)OCCO2.OC1(c2ccc(Nc3nc(-c4cnc5c(c4)CCCO5)cn4ccnc34)cc2)COC1. The molecule has 5 fully saturated rings. The van der Waals surface area contributed by atoms with E-state index >= 15 is 0 Å². The minimum Gasteiger partial charge on any atom is -0.495 e. The van der Waals surface area contributed by atoms with E-state index in [2.05, 4.69) is 117 Å². The van der Waals surface area contributed by atoms with Crippen molar-refractivity contribution in [3.05, 3.63) is 230 Å². The van der Waals surface area contributed by atoms with Gasteiger partial charge in [0.25, 0.3) is 0 Å². The molecule has 0 atom stereocenters. The maximum absolute atomic E-state index is 11.6. The number of nitrogens with zero attached hydrogens (tertiary/aromatic N) is 20. The molecule has 714 valence electrons. The van der Waals surface area contributed by atoms with Crippen molar-refractivity contribution in [2.75, 3.05) is 149 Å². The number of hydrogen-bond donors (Lipinski definition) is 6. The van der Waals surface area contributed by atoms with Crippen molar-refractivity contribution in [3.8, 4) is 85.8 Å². The zero-order valence-corrected chi connectivity index (χ0v) is 77.7. The average molecular weight is 1890 g/mol. The Bertz CT molecular complexity index is 7290. The molecule has 9 aliphatic heterocycles. The number of fused-ring (bicyclic) bond motifs is 8. The van der Waals surface area contributed by atoms with Gasteiger partial charge in [-0.3, -0.25) is 4.79 Å². The molecule has 0 bridgehead atoms. The maximum Gasteiger partial charge on any atom is 0.216 e. The lowest BCUT2D eigenvalue weighted by molar-refractivity contribution is -0.184. The quantitative estimate of drug-likeness (QED) is 0.0323. The van der Waals surface area contributed by atoms with Crippen molar-refractivity contribution in [3.63, 3.8) is 0 Å². The van der Waals surface area contributed by atoms with Gasteiger partial charge < -0.3 is 111 Å². The molecule has 0 aliphatic carbocycles. The van der Waals surface area contributed by atoms with Crippen LogP contribution < -0.4 is 69.1 Å². The maximum atomic E-state index is 11.6. The molecule has 12 aromatic heterocycles. The zero-order chi connectivity index (χ0) is 94.6. The van der Waals surface area contributed by atoms with Crippen molar-refractivity contribution in [2.45, 2.75) is 101 Å². The van der Waals surface area contributed by atoms with Crippen molar-refractivity contribution < 1.29 is 62.5 Å². The van der Waals surface area contributed by atoms with Crippen LogP contribution in [0.1, 0.15) is 92.0 Å². The largest absolute Gasteiger partial charge is 0.495 e. The average Bonchev–Trinajstić information content (AvgIpc) is 1.40. The standard InChI is InChI=1S/C28H30N6O4.C26H27N7O3.C26H26N6O3.C23H21N5O3/c1-35-24-16-21(4-5-23(24)33-9-6-28(7-10-33)37-13-14-38-28)31-25-26-29-8-11-34(26)18-22(32-25)20-15-19-3-2-12-36-27(19)30-17-20;1-35-23-14-20(4-5-22(23)32-9-6-19(31-34)7-10-32)29-24-25-27-8-11-33(25)16-21(30-24)18-13-17-3-2-12-36-26(17)28-15-18;1-34-23-14-19(4-5-22(23)31-9-6-20(33)7-10-31)29-24-25-27-8-11-32(25)16-21(30-24)18-13-17-3-2-12-35-26(17)28-15-18;29-23(13-30-14-23)17-3-5-18(6-4-17)26-20-21-24-7-8-28(21)12-19(27-20)16-10-15-2-1-9-31-22(15)25-11-16/h4-5,8,11,15-18H,2-3,6-7,9-10,12-14H2,1H3,(H,31,32);4-5,8,11,13-16,34H,2-3,6-7,9-10,12H2,1H3,(H,29,30);4-5,8,11,13-16H,2-3,6-7,9-10,12H2,1H3,(H,29,30);3-8,10-12,29H,1-2,9,13-14H2,(H,26,27). The van der Waals surface area contributed by atoms with Crippen LogP contribution in [-0.4, -0.2) is 218 Å². The van der Waals surface area contributed by atoms with Gasteiger partial charge in [-0.25, -0.2) is 59.8 Å². The smallest absolute Gasteiger partial charge is 0.216 e. The van der Waals surface area contributed by atoms with Crippen LogP contribution in [0.4, 0.5) is 63.1 Å². The molecule has 0 unspecified atom stereocenters. The molecule has 16 aromatic rings. The number of rotatable bonds is 19. The summed E-state index contributed by atoms with van der Waals surface area (Å²) in [7, 11) is 5.04. The first-order valence-electron chi connectivity index (χ1n) is 47.4. The van der Waals surface area contributed by atoms with E-state index in [1.165, 1.54) is 0 Å². The van der Waals surface area contributed by atoms with Gasteiger partial charge in [-0.2, -0.15) is 0 Å². The van der Waals surface area contributed by atoms with Gasteiger partial charge in [-0.15, -0.1) is 0 Å². The van der Waals surface area contributed by atoms with Gasteiger partial charge in [-0.1, -0.05) is 17.3 Å². The molecule has 4 aromatic carbocycles. The molecule has 0 saturated carbocycles. The van der Waals surface area contributed by atoms with E-state index in [-0.39, 0.29) is 0 Å². The Morgan fingerprint density at radius 1 is 0.379 bits per heavy atom. The summed E-state index contributed by atoms with van der Waals surface area (Å²) >= 11 is 0. The Morgan fingerprint density at radius 2 is 0.700 bits per heavy atom. The second-order valence-corrected chi connectivity index (χ2v) is 35.6. The Kier molecular flexibility index (Phi) is 25.1. The number of aromatic nitrogens is 16. The predicted octanol–water partition coefficient (Wildman–Crippen LogP) is 15.6. The van der Waals surface area contributed by atoms with E-state index in [9.17, 15) is 9.90 Å². The second kappa shape index (κ2) is 39.3. The first-order valence-corrected chi connectivity index (χ1v) is 47.4. The number of aliphatic hydroxyl groups is 1. The molecule has 140 heavy (non-hydrogen) atoms. The van der Waals surface area contributed by atoms with Crippen molar-refractivity contribution in [1.29, 1.82) is 0 Å². The molecule has 1 spiro atoms. The highest BCUT2D eigenvalue weighted by Gasteiger charge is 2.41. The first kappa shape index (κ1) is 89.4. The molecule has 21 heterocycles. The molecule has 0 radical (unpaired) electrons. The van der Waals surface area contributed by atoms with Gasteiger partial charge in [0.2, 0.25) is 23.5 Å². The number of methoxy groups -OCH3 is 3. The summed E-state index contributed by atoms with van der Waals surface area (Å²) in [5.74, 6) is 7.68. The van der Waals surface area contributed by atoms with E-state index in [0.29, 0.717) is 106 Å². The van der Waals surface area contributed by atoms with E-state index in [4.69, 9.17) is 72.5 Å². The molecule has 9 aliphatic rings. The van der Waals surface area contributed by atoms with Gasteiger partial charge in [0.05, 0.1) is 120 Å². The van der Waals surface area contributed by atoms with Crippen LogP contribution in [0.3, 0.4) is 0 Å². The lowest BCUT2D eigenvalue weighted by atomic mass is 9.92. The summed E-state index contributed by atoms with van der Waals surface area (Å²) in [6, 6.07) is 34.3. The summed E-state index contributed by atoms with van der Waals surface area (Å²) < 4.78 is 64.6. The summed E-state index contributed by atoms with van der Waals surface area (Å²) in [4.78, 5) is 74.0. The summed E-state index contributed by atoms with van der Waals surface area (Å²) in [6.07, 6.45) is 41.8. The van der Waals surface area contributed by atoms with Gasteiger partial charge in [-0.05, 0) is 130 Å². The van der Waals surface area contributed by atoms with Crippen LogP contribution in [0.5, 0.6) is 40.8 Å². The van der Waals surface area contributed by atoms with Gasteiger partial charge in [0.1, 0.15) is 28.6 Å². The van der Waals surface area contributed by atoms with Gasteiger partial charge in [0, 0.05) is 262 Å². The molecule has 25 rings (SSSR count). The van der Waals surface area contributed by atoms with Crippen LogP contribution in [0.25, 0.3) is 67.6 Å². The fourth-order valence-electron chi connectivity index (χ4n) is 19.0. The van der Waals surface area contributed by atoms with E-state index in [1.807, 2.05) is 146 Å². The lowest BCUT2D eigenvalue weighted by Crippen LogP contribution is -2.46. The van der Waals surface area contributed by atoms with Crippen molar-refractivity contribution in [1.82, 2.24) is 77.4 Å². The number of ketones is 1. The Labute approximate surface area is 804 Å². The van der Waals surface area contributed by atoms with Crippen LogP contribution in [-0.2, 0) is 50.3 Å². The van der Waals surface area contributed by atoms with E-state index < -0.39 is 11.4 Å². The third-order valence-corrected chi connectivity index (χ3v) is 26.6. The summed E-state index contributed by atoms with van der Waals surface area (Å²) in [5, 5.41) is 36.6. The van der Waals surface area contributed by atoms with E-state index in [0.717, 1.165) is 286 Å². The number of ether oxygens (including phenoxy) is 10. The number of benzene rings is 4. The predicted molar refractivity (Wildman–Crippen MR) is 527 cm³/mol. The number of hydrogen-bond acceptors (Lipinski definition) is 33. The number of Topliss-reactive ketones (excluding diaryl/α,β-unsaturated/α-hetero) is 1. The number of nitrogens with one attached hydrogen (secondary N) is 4. The number of pyridine rings is 4. The van der Waals surface area contributed by atoms with Crippen LogP contribution in [0.15, 0.2) is 207 Å². The molecule has 37 nitrogen and oxygen atoms in total. The highest BCUT2D eigenvalue weighted by Crippen LogP contribution is 2.44. The minimum absolute atomic E-state index is 0.315. The summed E-state index contributed by atoms with van der Waals surface area (Å²) in [5.41, 5.74) is 21.6. The number of carbonyl (C=O) groups is 1. The number of imidazole rings is 4. The molecular weight excluding hydrogens is 1780 g/mol. The normalized spacial score (nSPS) is 16.6. The van der Waals surface area contributed by atoms with Crippen LogP contribution in [0.2, 0.25) is 0 Å². The molecule has 37 heteroatoms. The first-order chi connectivity index (χ1) is 68.8. The third kappa shape index (κ3) is 18.9. The summed E-state index contributed by atoms with van der Waals surface area (Å²) in [6.45, 7) is 9.56. The fraction of sp³-hybridized carbons (Fsp3) is 0.320. The number of anilines is 11. The topological polar surface area (TPSA) is 392 Å². The molecule has 6 N–H and O–H groups in total. The zero-order valence-electron chi connectivity index (χ0n) is 77.7. The monoisotopic (exact) mass is 1880 g/mol. The Balaban J connectivity index is 0.000000108. The number of oxime groups is 1. The number of carbonyl (C=O) groups excluding carboxylic acids is 1. The van der Waals surface area contributed by atoms with Crippen LogP contribution in [0, 0.1) is 0 Å². The van der Waals surface area contributed by atoms with Gasteiger partial charge >= 0.3 is 0 Å². The van der Waals surface area contributed by atoms with Crippen molar-refractivity contribution in [2.24, 2.45) is 5.16 Å².